The van der Waals surface area contributed by atoms with Crippen LogP contribution in [0.4, 0.5) is 10.8 Å². The number of nitrogens with one attached hydrogen (secondary N) is 1. The highest BCUT2D eigenvalue weighted by atomic mass is 32.1. The van der Waals surface area contributed by atoms with Crippen LogP contribution in [0.25, 0.3) is 0 Å². The zero-order chi connectivity index (χ0) is 19.3. The van der Waals surface area contributed by atoms with Crippen molar-refractivity contribution in [1.82, 2.24) is 9.88 Å². The summed E-state index contributed by atoms with van der Waals surface area (Å²) >= 11 is 1.38. The fourth-order valence-electron chi connectivity index (χ4n) is 3.93. The van der Waals surface area contributed by atoms with E-state index in [-0.39, 0.29) is 24.7 Å². The lowest BCUT2D eigenvalue weighted by atomic mass is 9.95. The van der Waals surface area contributed by atoms with Gasteiger partial charge in [-0.05, 0) is 32.9 Å². The number of carbonyl (C=O) groups is 3. The summed E-state index contributed by atoms with van der Waals surface area (Å²) in [6, 6.07) is 6.96. The van der Waals surface area contributed by atoms with Crippen LogP contribution in [0.5, 0.6) is 0 Å². The zero-order valence-corrected chi connectivity index (χ0v) is 16.2. The van der Waals surface area contributed by atoms with Crippen molar-refractivity contribution >= 4 is 39.9 Å². The Morgan fingerprint density at radius 3 is 2.70 bits per heavy atom. The highest BCUT2D eigenvalue weighted by Crippen LogP contribution is 2.45. The summed E-state index contributed by atoms with van der Waals surface area (Å²) in [5.74, 6) is -0.789. The fraction of sp³-hybridized carbons (Fsp3) is 0.368. The maximum absolute atomic E-state index is 13.4. The molecule has 27 heavy (non-hydrogen) atoms. The van der Waals surface area contributed by atoms with Gasteiger partial charge in [0.1, 0.15) is 0 Å². The highest BCUT2D eigenvalue weighted by Gasteiger charge is 2.60. The van der Waals surface area contributed by atoms with Gasteiger partial charge in [0, 0.05) is 24.3 Å². The lowest BCUT2D eigenvalue weighted by Crippen LogP contribution is -2.69. The second-order valence-corrected chi connectivity index (χ2v) is 7.93. The van der Waals surface area contributed by atoms with Gasteiger partial charge in [0.15, 0.2) is 5.13 Å². The number of nitrogens with zero attached hydrogens (tertiary/aromatic N) is 3. The number of fused-ring (bicyclic) bond motifs is 3. The van der Waals surface area contributed by atoms with Crippen molar-refractivity contribution in [3.05, 3.63) is 40.4 Å². The molecule has 0 spiro atoms. The van der Waals surface area contributed by atoms with Gasteiger partial charge < -0.3 is 4.90 Å². The van der Waals surface area contributed by atoms with E-state index in [1.807, 2.05) is 20.8 Å². The van der Waals surface area contributed by atoms with E-state index in [1.165, 1.54) is 21.1 Å². The third-order valence-electron chi connectivity index (χ3n) is 5.30. The highest BCUT2D eigenvalue weighted by molar-refractivity contribution is 7.15. The number of aromatic nitrogens is 1. The average molecular weight is 384 g/mol. The molecule has 8 heteroatoms. The first kappa shape index (κ1) is 17.7. The van der Waals surface area contributed by atoms with Crippen LogP contribution in [-0.2, 0) is 9.59 Å². The smallest absolute Gasteiger partial charge is 0.273 e. The van der Waals surface area contributed by atoms with E-state index in [0.717, 1.165) is 10.6 Å². The van der Waals surface area contributed by atoms with Gasteiger partial charge in [-0.15, -0.1) is 11.3 Å². The largest absolute Gasteiger partial charge is 0.307 e. The molecule has 0 aliphatic carbocycles. The van der Waals surface area contributed by atoms with Gasteiger partial charge in [-0.25, -0.2) is 4.98 Å². The lowest BCUT2D eigenvalue weighted by molar-refractivity contribution is -0.128. The third-order valence-corrected chi connectivity index (χ3v) is 6.29. The molecule has 3 amide bonds. The van der Waals surface area contributed by atoms with Crippen molar-refractivity contribution in [2.24, 2.45) is 0 Å². The first-order valence-corrected chi connectivity index (χ1v) is 9.71. The van der Waals surface area contributed by atoms with Crippen LogP contribution in [0.3, 0.4) is 0 Å². The van der Waals surface area contributed by atoms with E-state index >= 15 is 0 Å². The van der Waals surface area contributed by atoms with Crippen LogP contribution in [0.1, 0.15) is 40.7 Å². The van der Waals surface area contributed by atoms with E-state index < -0.39 is 11.6 Å². The number of hydrogen-bond donors (Lipinski definition) is 1. The van der Waals surface area contributed by atoms with Gasteiger partial charge in [0.25, 0.3) is 11.8 Å². The molecule has 2 aromatic rings. The molecule has 1 saturated heterocycles. The van der Waals surface area contributed by atoms with Gasteiger partial charge in [-0.1, -0.05) is 12.1 Å². The Morgan fingerprint density at radius 1 is 1.30 bits per heavy atom. The number of carbonyl (C=O) groups excluding carboxylic acids is 3. The molecule has 4 rings (SSSR count). The van der Waals surface area contributed by atoms with Crippen molar-refractivity contribution in [3.63, 3.8) is 0 Å². The molecule has 1 N–H and O–H groups in total. The van der Waals surface area contributed by atoms with Gasteiger partial charge in [-0.3, -0.25) is 24.6 Å². The first-order valence-electron chi connectivity index (χ1n) is 8.89. The van der Waals surface area contributed by atoms with E-state index in [0.29, 0.717) is 22.9 Å². The standard InChI is InChI=1S/C19H20N4O3S/c1-4-22-16(25)13-7-5-6-8-14(13)23-15(24)9-10-19(22,23)17(26)21-18-20-11(2)12(3)27-18/h5-8H,4,9-10H2,1-3H3,(H,20,21,26). The number of amides is 3. The number of thiazole rings is 1. The first-order chi connectivity index (χ1) is 12.9. The summed E-state index contributed by atoms with van der Waals surface area (Å²) in [6.45, 7) is 5.95. The molecule has 1 aromatic heterocycles. The molecule has 2 aliphatic heterocycles. The maximum Gasteiger partial charge on any atom is 0.273 e. The molecule has 0 radical (unpaired) electrons. The topological polar surface area (TPSA) is 82.6 Å². The van der Waals surface area contributed by atoms with Gasteiger partial charge >= 0.3 is 0 Å². The molecule has 1 unspecified atom stereocenters. The number of rotatable bonds is 3. The molecule has 7 nitrogen and oxygen atoms in total. The van der Waals surface area contributed by atoms with Crippen LogP contribution < -0.4 is 10.2 Å². The van der Waals surface area contributed by atoms with E-state index in [2.05, 4.69) is 10.3 Å². The van der Waals surface area contributed by atoms with Crippen molar-refractivity contribution in [2.75, 3.05) is 16.8 Å². The summed E-state index contributed by atoms with van der Waals surface area (Å²) in [5.41, 5.74) is 0.435. The van der Waals surface area contributed by atoms with Crippen LogP contribution in [-0.4, -0.2) is 39.8 Å². The number of para-hydroxylation sites is 1. The molecular formula is C19H20N4O3S. The summed E-state index contributed by atoms with van der Waals surface area (Å²) in [5, 5.41) is 3.33. The minimum Gasteiger partial charge on any atom is -0.307 e. The van der Waals surface area contributed by atoms with Crippen LogP contribution >= 0.6 is 11.3 Å². The Labute approximate surface area is 161 Å². The van der Waals surface area contributed by atoms with Gasteiger partial charge in [-0.2, -0.15) is 0 Å². The van der Waals surface area contributed by atoms with Gasteiger partial charge in [0.05, 0.1) is 16.9 Å². The van der Waals surface area contributed by atoms with Crippen molar-refractivity contribution in [3.8, 4) is 0 Å². The number of aryl methyl sites for hydroxylation is 2. The maximum atomic E-state index is 13.4. The number of anilines is 2. The summed E-state index contributed by atoms with van der Waals surface area (Å²) in [7, 11) is 0. The normalized spacial score (nSPS) is 21.3. The predicted molar refractivity (Wildman–Crippen MR) is 103 cm³/mol. The molecule has 0 bridgehead atoms. The Bertz CT molecular complexity index is 950. The Kier molecular flexibility index (Phi) is 4.03. The monoisotopic (exact) mass is 384 g/mol. The molecule has 140 valence electrons. The van der Waals surface area contributed by atoms with Crippen LogP contribution in [0.2, 0.25) is 0 Å². The third kappa shape index (κ3) is 2.39. The fourth-order valence-corrected chi connectivity index (χ4v) is 4.74. The molecule has 1 aromatic carbocycles. The summed E-state index contributed by atoms with van der Waals surface area (Å²) in [6.07, 6.45) is 0.469. The van der Waals surface area contributed by atoms with Gasteiger partial charge in [0.2, 0.25) is 11.6 Å². The van der Waals surface area contributed by atoms with E-state index in [1.54, 1.807) is 24.3 Å². The molecule has 2 aliphatic rings. The minimum atomic E-state index is -1.36. The number of benzene rings is 1. The lowest BCUT2D eigenvalue weighted by Gasteiger charge is -2.48. The Balaban J connectivity index is 1.83. The second kappa shape index (κ2) is 6.16. The van der Waals surface area contributed by atoms with Crippen molar-refractivity contribution in [1.29, 1.82) is 0 Å². The SMILES string of the molecule is CCN1C(=O)c2ccccc2N2C(=O)CCC12C(=O)Nc1nc(C)c(C)s1. The quantitative estimate of drug-likeness (QED) is 0.882. The summed E-state index contributed by atoms with van der Waals surface area (Å²) < 4.78 is 0. The van der Waals surface area contributed by atoms with Crippen LogP contribution in [0, 0.1) is 13.8 Å². The predicted octanol–water partition coefficient (Wildman–Crippen LogP) is 2.70. The molecule has 3 heterocycles. The van der Waals surface area contributed by atoms with Crippen LogP contribution in [0.15, 0.2) is 24.3 Å². The Morgan fingerprint density at radius 2 is 2.04 bits per heavy atom. The van der Waals surface area contributed by atoms with E-state index in [4.69, 9.17) is 0 Å². The Hall–Kier alpha value is -2.74. The van der Waals surface area contributed by atoms with E-state index in [9.17, 15) is 14.4 Å². The molecule has 1 fully saturated rings. The second-order valence-electron chi connectivity index (χ2n) is 6.73. The number of hydrogen-bond acceptors (Lipinski definition) is 5. The number of likely N-dealkylation sites (N-methyl/N-ethyl adjacent to an activating group) is 1. The molecule has 1 atom stereocenters. The molecule has 0 saturated carbocycles. The van der Waals surface area contributed by atoms with Crippen molar-refractivity contribution < 1.29 is 14.4 Å². The average Bonchev–Trinajstić information content (AvgIpc) is 3.16. The zero-order valence-electron chi connectivity index (χ0n) is 15.4. The minimum absolute atomic E-state index is 0.157. The summed E-state index contributed by atoms with van der Waals surface area (Å²) in [4.78, 5) is 47.7. The molecular weight excluding hydrogens is 364 g/mol. The van der Waals surface area contributed by atoms with Crippen molar-refractivity contribution in [2.45, 2.75) is 39.3 Å².